The van der Waals surface area contributed by atoms with Crippen molar-refractivity contribution in [2.75, 3.05) is 33.2 Å². The third kappa shape index (κ3) is 3.92. The average molecular weight is 182 g/mol. The van der Waals surface area contributed by atoms with Crippen LogP contribution in [0, 0.1) is 5.92 Å². The summed E-state index contributed by atoms with van der Waals surface area (Å²) in [7, 11) is 1.99. The van der Waals surface area contributed by atoms with Crippen molar-refractivity contribution in [3.8, 4) is 0 Å². The molecule has 13 heavy (non-hydrogen) atoms. The maximum atomic E-state index is 3.13. The van der Waals surface area contributed by atoms with Crippen molar-refractivity contribution in [2.45, 2.75) is 19.8 Å². The molecule has 0 spiro atoms. The number of hydrogen-bond acceptors (Lipinski definition) is 2. The Morgan fingerprint density at radius 2 is 2.08 bits per heavy atom. The highest BCUT2D eigenvalue weighted by molar-refractivity contribution is 4.92. The molecule has 0 aliphatic carbocycles. The van der Waals surface area contributed by atoms with Crippen LogP contribution >= 0.6 is 0 Å². The highest BCUT2D eigenvalue weighted by atomic mass is 15.1. The van der Waals surface area contributed by atoms with Crippen LogP contribution in [0.2, 0.25) is 0 Å². The van der Waals surface area contributed by atoms with Crippen LogP contribution in [-0.4, -0.2) is 38.1 Å². The third-order valence-corrected chi connectivity index (χ3v) is 2.81. The van der Waals surface area contributed by atoms with Gasteiger partial charge in [-0.05, 0) is 45.4 Å². The van der Waals surface area contributed by atoms with Crippen molar-refractivity contribution in [3.63, 3.8) is 0 Å². The highest BCUT2D eigenvalue weighted by Gasteiger charge is 2.14. The van der Waals surface area contributed by atoms with Crippen molar-refractivity contribution in [1.29, 1.82) is 0 Å². The lowest BCUT2D eigenvalue weighted by Crippen LogP contribution is -2.32. The predicted molar refractivity (Wildman–Crippen MR) is 57.9 cm³/mol. The van der Waals surface area contributed by atoms with Crippen molar-refractivity contribution in [1.82, 2.24) is 10.2 Å². The van der Waals surface area contributed by atoms with Gasteiger partial charge in [-0.25, -0.2) is 0 Å². The number of nitrogens with one attached hydrogen (secondary N) is 1. The van der Waals surface area contributed by atoms with E-state index in [2.05, 4.69) is 29.3 Å². The maximum Gasteiger partial charge on any atom is 0.0131 e. The summed E-state index contributed by atoms with van der Waals surface area (Å²) in [5.74, 6) is 0.830. The van der Waals surface area contributed by atoms with Gasteiger partial charge in [-0.3, -0.25) is 0 Å². The molecular formula is C11H22N2. The predicted octanol–water partition coefficient (Wildman–Crippen LogP) is 1.49. The second-order valence-electron chi connectivity index (χ2n) is 3.76. The van der Waals surface area contributed by atoms with Gasteiger partial charge in [-0.1, -0.05) is 19.1 Å². The van der Waals surface area contributed by atoms with Crippen molar-refractivity contribution in [3.05, 3.63) is 12.2 Å². The molecule has 0 aromatic carbocycles. The molecule has 76 valence electrons. The topological polar surface area (TPSA) is 15.3 Å². The lowest BCUT2D eigenvalue weighted by Gasteiger charge is -2.29. The van der Waals surface area contributed by atoms with E-state index in [1.807, 2.05) is 7.05 Å². The third-order valence-electron chi connectivity index (χ3n) is 2.81. The molecule has 0 bridgehead atoms. The Morgan fingerprint density at radius 3 is 2.62 bits per heavy atom. The van der Waals surface area contributed by atoms with Crippen molar-refractivity contribution < 1.29 is 0 Å². The Bertz CT molecular complexity index is 146. The van der Waals surface area contributed by atoms with E-state index in [4.69, 9.17) is 0 Å². The zero-order valence-corrected chi connectivity index (χ0v) is 8.92. The molecule has 0 radical (unpaired) electrons. The lowest BCUT2D eigenvalue weighted by molar-refractivity contribution is 0.212. The van der Waals surface area contributed by atoms with E-state index in [9.17, 15) is 0 Å². The fourth-order valence-electron chi connectivity index (χ4n) is 1.84. The first kappa shape index (κ1) is 10.7. The molecule has 2 heteroatoms. The number of piperidine rings is 1. The zero-order chi connectivity index (χ0) is 9.52. The molecule has 1 aliphatic rings. The number of allylic oxidation sites excluding steroid dienone is 1. The Hall–Kier alpha value is -0.340. The van der Waals surface area contributed by atoms with Gasteiger partial charge in [0.05, 0.1) is 0 Å². The monoisotopic (exact) mass is 182 g/mol. The molecule has 1 aliphatic heterocycles. The minimum absolute atomic E-state index is 0.830. The standard InChI is InChI=1S/C11H22N2/c1-3-13-9-6-11(7-10-13)5-4-8-12-2/h4-5,11-12H,3,6-10H2,1-2H3/b5-4-. The first-order valence-corrected chi connectivity index (χ1v) is 5.40. The first-order valence-electron chi connectivity index (χ1n) is 5.40. The van der Waals surface area contributed by atoms with Gasteiger partial charge in [0.25, 0.3) is 0 Å². The number of hydrogen-bond donors (Lipinski definition) is 1. The van der Waals surface area contributed by atoms with Gasteiger partial charge in [-0.2, -0.15) is 0 Å². The Kier molecular flexibility index (Phi) is 5.09. The van der Waals surface area contributed by atoms with Gasteiger partial charge in [0.15, 0.2) is 0 Å². The number of likely N-dealkylation sites (N-methyl/N-ethyl adjacent to an activating group) is 1. The number of nitrogens with zero attached hydrogens (tertiary/aromatic N) is 1. The van der Waals surface area contributed by atoms with Crippen molar-refractivity contribution >= 4 is 0 Å². The van der Waals surface area contributed by atoms with Crippen LogP contribution in [0.15, 0.2) is 12.2 Å². The Balaban J connectivity index is 2.17. The maximum absolute atomic E-state index is 3.13. The molecule has 0 saturated carbocycles. The van der Waals surface area contributed by atoms with E-state index in [0.717, 1.165) is 12.5 Å². The molecule has 0 unspecified atom stereocenters. The van der Waals surface area contributed by atoms with E-state index in [-0.39, 0.29) is 0 Å². The fraction of sp³-hybridized carbons (Fsp3) is 0.818. The fourth-order valence-corrected chi connectivity index (χ4v) is 1.84. The van der Waals surface area contributed by atoms with E-state index >= 15 is 0 Å². The molecule has 0 aromatic rings. The SMILES string of the molecule is CCN1CCC(/C=C\CNC)CC1. The lowest BCUT2D eigenvalue weighted by atomic mass is 9.96. The molecule has 1 saturated heterocycles. The van der Waals surface area contributed by atoms with Gasteiger partial charge in [0.2, 0.25) is 0 Å². The molecule has 1 N–H and O–H groups in total. The van der Waals surface area contributed by atoms with Gasteiger partial charge < -0.3 is 10.2 Å². The van der Waals surface area contributed by atoms with E-state index in [1.54, 1.807) is 0 Å². The molecular weight excluding hydrogens is 160 g/mol. The molecule has 0 aromatic heterocycles. The van der Waals surface area contributed by atoms with Gasteiger partial charge in [-0.15, -0.1) is 0 Å². The van der Waals surface area contributed by atoms with Crippen LogP contribution in [0.3, 0.4) is 0 Å². The average Bonchev–Trinajstić information content (AvgIpc) is 2.19. The smallest absolute Gasteiger partial charge is 0.0131 e. The minimum Gasteiger partial charge on any atom is -0.316 e. The molecule has 0 amide bonds. The molecule has 1 fully saturated rings. The molecule has 2 nitrogen and oxygen atoms in total. The summed E-state index contributed by atoms with van der Waals surface area (Å²) in [5, 5.41) is 3.13. The van der Waals surface area contributed by atoms with Crippen LogP contribution in [-0.2, 0) is 0 Å². The Morgan fingerprint density at radius 1 is 1.38 bits per heavy atom. The van der Waals surface area contributed by atoms with Gasteiger partial charge in [0, 0.05) is 6.54 Å². The van der Waals surface area contributed by atoms with Crippen LogP contribution in [0.1, 0.15) is 19.8 Å². The summed E-state index contributed by atoms with van der Waals surface area (Å²) in [6, 6.07) is 0. The van der Waals surface area contributed by atoms with E-state index < -0.39 is 0 Å². The number of rotatable bonds is 4. The normalized spacial score (nSPS) is 21.4. The summed E-state index contributed by atoms with van der Waals surface area (Å²) in [6.07, 6.45) is 7.32. The summed E-state index contributed by atoms with van der Waals surface area (Å²) < 4.78 is 0. The first-order chi connectivity index (χ1) is 6.36. The van der Waals surface area contributed by atoms with E-state index in [1.165, 1.54) is 32.5 Å². The quantitative estimate of drug-likeness (QED) is 0.663. The van der Waals surface area contributed by atoms with Gasteiger partial charge >= 0.3 is 0 Å². The second kappa shape index (κ2) is 6.17. The molecule has 1 heterocycles. The molecule has 1 rings (SSSR count). The largest absolute Gasteiger partial charge is 0.316 e. The zero-order valence-electron chi connectivity index (χ0n) is 8.92. The summed E-state index contributed by atoms with van der Waals surface area (Å²) in [5.41, 5.74) is 0. The van der Waals surface area contributed by atoms with Crippen LogP contribution in [0.4, 0.5) is 0 Å². The van der Waals surface area contributed by atoms with E-state index in [0.29, 0.717) is 0 Å². The number of likely N-dealkylation sites (tertiary alicyclic amines) is 1. The minimum atomic E-state index is 0.830. The second-order valence-corrected chi connectivity index (χ2v) is 3.76. The van der Waals surface area contributed by atoms with Crippen LogP contribution in [0.25, 0.3) is 0 Å². The molecule has 0 atom stereocenters. The Labute approximate surface area is 82.0 Å². The van der Waals surface area contributed by atoms with Crippen LogP contribution in [0.5, 0.6) is 0 Å². The van der Waals surface area contributed by atoms with Gasteiger partial charge in [0.1, 0.15) is 0 Å². The summed E-state index contributed by atoms with van der Waals surface area (Å²) >= 11 is 0. The highest BCUT2D eigenvalue weighted by Crippen LogP contribution is 2.17. The summed E-state index contributed by atoms with van der Waals surface area (Å²) in [6.45, 7) is 7.04. The van der Waals surface area contributed by atoms with Crippen molar-refractivity contribution in [2.24, 2.45) is 5.92 Å². The van der Waals surface area contributed by atoms with Crippen LogP contribution < -0.4 is 5.32 Å². The summed E-state index contributed by atoms with van der Waals surface area (Å²) in [4.78, 5) is 2.53.